The van der Waals surface area contributed by atoms with Crippen LogP contribution in [0.2, 0.25) is 0 Å². The van der Waals surface area contributed by atoms with Gasteiger partial charge < -0.3 is 10.2 Å². The normalized spacial score (nSPS) is 15.3. The number of rotatable bonds is 8. The zero-order valence-electron chi connectivity index (χ0n) is 35.8. The monoisotopic (exact) mass is 881 g/mol. The summed E-state index contributed by atoms with van der Waals surface area (Å²) in [6.07, 6.45) is 7.60. The molecule has 2 N–H and O–H groups in total. The topological polar surface area (TPSA) is 65.2 Å². The van der Waals surface area contributed by atoms with Crippen LogP contribution in [0.4, 0.5) is 0 Å². The Morgan fingerprint density at radius 3 is 1.11 bits per heavy atom. The summed E-state index contributed by atoms with van der Waals surface area (Å²) < 4.78 is 0. The number of nitrogens with zero attached hydrogens (tertiary/aromatic N) is 2. The summed E-state index contributed by atoms with van der Waals surface area (Å²) >= 11 is 0. The molecule has 0 unspecified atom stereocenters. The molecule has 0 spiro atoms. The molecule has 0 aromatic heterocycles. The Kier molecular flexibility index (Phi) is 11.6. The summed E-state index contributed by atoms with van der Waals surface area (Å²) in [5, 5.41) is 33.4. The molecule has 10 aromatic rings. The van der Waals surface area contributed by atoms with Crippen LogP contribution in [-0.4, -0.2) is 34.7 Å². The Hall–Kier alpha value is -7.30. The van der Waals surface area contributed by atoms with Gasteiger partial charge in [-0.15, -0.1) is 0 Å². The molecule has 65 heavy (non-hydrogen) atoms. The first-order valence-corrected chi connectivity index (χ1v) is 22.3. The van der Waals surface area contributed by atoms with Crippen LogP contribution in [0.5, 0.6) is 11.5 Å². The van der Waals surface area contributed by atoms with Gasteiger partial charge in [0.25, 0.3) is 0 Å². The molecule has 1 saturated carbocycles. The van der Waals surface area contributed by atoms with Gasteiger partial charge in [-0.25, -0.2) is 0 Å². The molecule has 10 aromatic carbocycles. The Morgan fingerprint density at radius 1 is 0.369 bits per heavy atom. The van der Waals surface area contributed by atoms with Crippen molar-refractivity contribution in [1.82, 2.24) is 0 Å². The number of aliphatic imine (C=N–C) groups is 2. The first-order valence-electron chi connectivity index (χ1n) is 22.3. The summed E-state index contributed by atoms with van der Waals surface area (Å²) in [7, 11) is 0. The van der Waals surface area contributed by atoms with Crippen LogP contribution in [0.15, 0.2) is 204 Å². The Bertz CT molecular complexity index is 3210. The van der Waals surface area contributed by atoms with E-state index >= 15 is 0 Å². The van der Waals surface area contributed by atoms with Crippen molar-refractivity contribution in [2.45, 2.75) is 37.8 Å². The van der Waals surface area contributed by atoms with Crippen LogP contribution < -0.4 is 0 Å². The molecule has 0 bridgehead atoms. The molecular weight excluding hydrogens is 836 g/mol. The maximum Gasteiger partial charge on any atom is 3.00 e. The SMILES string of the molecule is Oc1c(C=N[C@H]2CCCC[C@@H]2N=Cc2cc3ccccc3c(-c3c(-c4ccccc4)ccc4ccccc34)c2O)cc2ccccc2c1-c1c(-c2ccccc2)ccc2ccccc12.[Mn+3]. The second-order valence-corrected chi connectivity index (χ2v) is 16.9. The fourth-order valence-corrected chi connectivity index (χ4v) is 10.0. The maximum absolute atomic E-state index is 12.5. The first-order chi connectivity index (χ1) is 31.6. The number of benzene rings is 10. The zero-order valence-corrected chi connectivity index (χ0v) is 37.0. The van der Waals surface area contributed by atoms with Gasteiger partial charge in [0.05, 0.1) is 12.1 Å². The summed E-state index contributed by atoms with van der Waals surface area (Å²) in [5.74, 6) is 0.424. The minimum absolute atomic E-state index is 0. The average molecular weight is 882 g/mol. The van der Waals surface area contributed by atoms with Crippen LogP contribution in [0.1, 0.15) is 36.8 Å². The minimum Gasteiger partial charge on any atom is -0.507 e. The van der Waals surface area contributed by atoms with E-state index in [1.165, 1.54) is 0 Å². The molecule has 312 valence electrons. The van der Waals surface area contributed by atoms with Gasteiger partial charge in [0.2, 0.25) is 0 Å². The number of phenolic OH excluding ortho intramolecular Hbond substituents is 2. The third-order valence-electron chi connectivity index (χ3n) is 13.1. The van der Waals surface area contributed by atoms with Gasteiger partial charge in [0.1, 0.15) is 11.5 Å². The number of hydrogen-bond donors (Lipinski definition) is 2. The van der Waals surface area contributed by atoms with Crippen molar-refractivity contribution in [2.75, 3.05) is 0 Å². The molecule has 2 atom stereocenters. The summed E-state index contributed by atoms with van der Waals surface area (Å²) in [6.45, 7) is 0. The van der Waals surface area contributed by atoms with E-state index in [0.29, 0.717) is 11.1 Å². The van der Waals surface area contributed by atoms with Crippen molar-refractivity contribution >= 4 is 55.5 Å². The molecular formula is C60H46MnN2O2+3. The van der Waals surface area contributed by atoms with E-state index in [1.54, 1.807) is 0 Å². The van der Waals surface area contributed by atoms with Crippen molar-refractivity contribution in [1.29, 1.82) is 0 Å². The third kappa shape index (κ3) is 7.78. The molecule has 0 radical (unpaired) electrons. The van der Waals surface area contributed by atoms with Crippen molar-refractivity contribution < 1.29 is 27.3 Å². The fraction of sp³-hybridized carbons (Fsp3) is 0.100. The van der Waals surface area contributed by atoms with Gasteiger partial charge in [-0.1, -0.05) is 195 Å². The van der Waals surface area contributed by atoms with Crippen molar-refractivity contribution in [2.24, 2.45) is 9.98 Å². The van der Waals surface area contributed by atoms with E-state index in [-0.39, 0.29) is 40.7 Å². The van der Waals surface area contributed by atoms with Gasteiger partial charge in [0.15, 0.2) is 0 Å². The second kappa shape index (κ2) is 18.1. The van der Waals surface area contributed by atoms with Gasteiger partial charge >= 0.3 is 17.1 Å². The molecule has 1 fully saturated rings. The predicted molar refractivity (Wildman–Crippen MR) is 269 cm³/mol. The van der Waals surface area contributed by atoms with Crippen LogP contribution in [0.3, 0.4) is 0 Å². The largest absolute Gasteiger partial charge is 3.00 e. The summed E-state index contributed by atoms with van der Waals surface area (Å²) in [4.78, 5) is 10.5. The molecule has 5 heteroatoms. The van der Waals surface area contributed by atoms with Gasteiger partial charge in [-0.3, -0.25) is 9.98 Å². The standard InChI is InChI=1S/C60H46N2O2.Mn/c63-59-45(35-43-23-9-13-27-49(43)57(59)55-47-25-11-7-21-41(47)31-33-51(55)39-17-3-1-4-18-39)37-61-53-29-15-16-30-54(53)62-38-46-36-44-24-10-14-28-50(44)58(60(46)64)56-48-26-12-8-22-42(48)32-34-52(56)40-19-5-2-6-20-40;/h1-14,17-28,31-38,53-54,63-64H,15-16,29-30H2;/q;+3/t53-,54-;/m0./s1. The quantitative estimate of drug-likeness (QED) is 0.118. The maximum atomic E-state index is 12.5. The van der Waals surface area contributed by atoms with Crippen LogP contribution in [-0.2, 0) is 17.1 Å². The summed E-state index contributed by atoms with van der Waals surface area (Å²) in [5.41, 5.74) is 9.27. The Labute approximate surface area is 389 Å². The van der Waals surface area contributed by atoms with Crippen molar-refractivity contribution in [3.05, 3.63) is 205 Å². The molecule has 11 rings (SSSR count). The first kappa shape index (κ1) is 41.7. The smallest absolute Gasteiger partial charge is 0.507 e. The van der Waals surface area contributed by atoms with E-state index in [9.17, 15) is 10.2 Å². The molecule has 0 amide bonds. The van der Waals surface area contributed by atoms with Gasteiger partial charge in [-0.05, 0) is 90.3 Å². The van der Waals surface area contributed by atoms with Gasteiger partial charge in [0, 0.05) is 45.8 Å². The summed E-state index contributed by atoms with van der Waals surface area (Å²) in [6, 6.07) is 66.9. The minimum atomic E-state index is -0.0958. The molecule has 1 aliphatic rings. The molecule has 1 aliphatic carbocycles. The number of phenols is 2. The van der Waals surface area contributed by atoms with Crippen molar-refractivity contribution in [3.63, 3.8) is 0 Å². The number of hydrogen-bond acceptors (Lipinski definition) is 4. The van der Waals surface area contributed by atoms with Crippen molar-refractivity contribution in [3.8, 4) is 56.0 Å². The molecule has 0 saturated heterocycles. The van der Waals surface area contributed by atoms with Crippen LogP contribution in [0, 0.1) is 0 Å². The van der Waals surface area contributed by atoms with E-state index in [4.69, 9.17) is 9.98 Å². The molecule has 0 heterocycles. The second-order valence-electron chi connectivity index (χ2n) is 16.9. The molecule has 0 aliphatic heterocycles. The predicted octanol–water partition coefficient (Wildman–Crippen LogP) is 15.2. The van der Waals surface area contributed by atoms with E-state index < -0.39 is 0 Å². The van der Waals surface area contributed by atoms with Gasteiger partial charge in [-0.2, -0.15) is 0 Å². The Morgan fingerprint density at radius 2 is 0.708 bits per heavy atom. The average Bonchev–Trinajstić information content (AvgIpc) is 3.35. The fourth-order valence-electron chi connectivity index (χ4n) is 10.0. The van der Waals surface area contributed by atoms with Crippen LogP contribution in [0.25, 0.3) is 87.6 Å². The Balaban J connectivity index is 0.00000498. The van der Waals surface area contributed by atoms with E-state index in [1.807, 2.05) is 48.8 Å². The van der Waals surface area contributed by atoms with E-state index in [0.717, 1.165) is 113 Å². The zero-order chi connectivity index (χ0) is 43.0. The third-order valence-corrected chi connectivity index (χ3v) is 13.1. The van der Waals surface area contributed by atoms with E-state index in [2.05, 4.69) is 158 Å². The number of fused-ring (bicyclic) bond motifs is 4. The molecule has 4 nitrogen and oxygen atoms in total. The number of aromatic hydroxyl groups is 2. The van der Waals surface area contributed by atoms with Crippen LogP contribution >= 0.6 is 0 Å².